The highest BCUT2D eigenvalue weighted by Gasteiger charge is 2.32. The second-order valence-electron chi connectivity index (χ2n) is 5.45. The van der Waals surface area contributed by atoms with Gasteiger partial charge in [0.1, 0.15) is 5.70 Å². The van der Waals surface area contributed by atoms with Gasteiger partial charge in [-0.2, -0.15) is 0 Å². The van der Waals surface area contributed by atoms with Gasteiger partial charge in [-0.3, -0.25) is 9.69 Å². The van der Waals surface area contributed by atoms with Crippen LogP contribution >= 0.6 is 0 Å². The lowest BCUT2D eigenvalue weighted by Crippen LogP contribution is -2.31. The summed E-state index contributed by atoms with van der Waals surface area (Å²) < 4.78 is 15.5. The Hall–Kier alpha value is -3.03. The summed E-state index contributed by atoms with van der Waals surface area (Å²) >= 11 is 0. The fraction of sp³-hybridized carbons (Fsp3) is 0.389. The van der Waals surface area contributed by atoms with E-state index >= 15 is 0 Å². The molecule has 8 heteroatoms. The first-order chi connectivity index (χ1) is 12.5. The normalized spacial score (nSPS) is 15.2. The molecule has 1 aromatic rings. The average molecular weight is 362 g/mol. The molecule has 0 aliphatic carbocycles. The maximum atomic E-state index is 12.3. The molecule has 0 radical (unpaired) electrons. The smallest absolute Gasteiger partial charge is 0.343 e. The number of rotatable bonds is 8. The van der Waals surface area contributed by atoms with Crippen LogP contribution in [0.15, 0.2) is 23.9 Å². The van der Waals surface area contributed by atoms with Crippen molar-refractivity contribution in [2.45, 2.75) is 20.3 Å². The molecular formula is C18H22N2O6. The highest BCUT2D eigenvalue weighted by atomic mass is 16.6. The Labute approximate surface area is 151 Å². The molecule has 8 nitrogen and oxygen atoms in total. The summed E-state index contributed by atoms with van der Waals surface area (Å²) in [6.45, 7) is 4.24. The van der Waals surface area contributed by atoms with Crippen LogP contribution in [0.5, 0.6) is 11.5 Å². The number of methoxy groups -OCH3 is 1. The molecule has 0 spiro atoms. The quantitative estimate of drug-likeness (QED) is 0.431. The second-order valence-corrected chi connectivity index (χ2v) is 5.45. The van der Waals surface area contributed by atoms with Crippen LogP contribution in [0.25, 0.3) is 6.08 Å². The van der Waals surface area contributed by atoms with Crippen LogP contribution in [0.4, 0.5) is 4.79 Å². The number of esters is 1. The number of carbonyl (C=O) groups excluding carboxylic acids is 3. The van der Waals surface area contributed by atoms with Crippen molar-refractivity contribution in [2.75, 3.05) is 26.9 Å². The third kappa shape index (κ3) is 4.53. The molecule has 1 aromatic carbocycles. The van der Waals surface area contributed by atoms with Crippen molar-refractivity contribution in [3.8, 4) is 11.5 Å². The fourth-order valence-electron chi connectivity index (χ4n) is 2.36. The minimum atomic E-state index is -0.506. The zero-order valence-corrected chi connectivity index (χ0v) is 15.0. The van der Waals surface area contributed by atoms with Crippen molar-refractivity contribution in [3.63, 3.8) is 0 Å². The van der Waals surface area contributed by atoms with E-state index in [0.29, 0.717) is 36.6 Å². The lowest BCUT2D eigenvalue weighted by molar-refractivity contribution is -0.142. The maximum Gasteiger partial charge on any atom is 0.343 e. The number of carbonyl (C=O) groups is 3. The molecule has 2 rings (SSSR count). The summed E-state index contributed by atoms with van der Waals surface area (Å²) in [6.07, 6.45) is 2.26. The van der Waals surface area contributed by atoms with Gasteiger partial charge in [0.15, 0.2) is 18.1 Å². The fourth-order valence-corrected chi connectivity index (χ4v) is 2.36. The number of imide groups is 1. The Kier molecular flexibility index (Phi) is 6.60. The average Bonchev–Trinajstić information content (AvgIpc) is 2.89. The van der Waals surface area contributed by atoms with Gasteiger partial charge < -0.3 is 19.5 Å². The first-order valence-electron chi connectivity index (χ1n) is 8.31. The molecule has 1 aliphatic heterocycles. The number of nitrogens with zero attached hydrogens (tertiary/aromatic N) is 1. The van der Waals surface area contributed by atoms with Crippen LogP contribution in [-0.4, -0.2) is 49.7 Å². The molecule has 0 atom stereocenters. The molecule has 0 unspecified atom stereocenters. The van der Waals surface area contributed by atoms with Gasteiger partial charge in [-0.15, -0.1) is 0 Å². The summed E-state index contributed by atoms with van der Waals surface area (Å²) in [5.41, 5.74) is 0.856. The van der Waals surface area contributed by atoms with Crippen LogP contribution in [-0.2, 0) is 14.3 Å². The molecule has 3 amide bonds. The van der Waals surface area contributed by atoms with E-state index in [0.717, 1.165) is 0 Å². The summed E-state index contributed by atoms with van der Waals surface area (Å²) in [6, 6.07) is 4.58. The van der Waals surface area contributed by atoms with E-state index in [1.807, 2.05) is 13.8 Å². The summed E-state index contributed by atoms with van der Waals surface area (Å²) in [5.74, 6) is -0.0588. The third-order valence-corrected chi connectivity index (χ3v) is 3.56. The number of amides is 3. The standard InChI is InChI=1S/C18H22N2O6/c1-4-8-20-17(22)13(19-18(20)23)9-12-6-7-14(15(10-12)25-5-2)26-11-16(21)24-3/h6-7,9-10H,4-5,8,11H2,1-3H3,(H,19,23)/b13-9+. The van der Waals surface area contributed by atoms with Crippen molar-refractivity contribution in [3.05, 3.63) is 29.5 Å². The number of hydrogen-bond donors (Lipinski definition) is 1. The Morgan fingerprint density at radius 2 is 1.96 bits per heavy atom. The van der Waals surface area contributed by atoms with Gasteiger partial charge in [-0.05, 0) is 37.1 Å². The van der Waals surface area contributed by atoms with Gasteiger partial charge in [0.05, 0.1) is 13.7 Å². The molecule has 1 heterocycles. The van der Waals surface area contributed by atoms with Crippen LogP contribution in [0.1, 0.15) is 25.8 Å². The predicted octanol–water partition coefficient (Wildman–Crippen LogP) is 1.94. The minimum absolute atomic E-state index is 0.203. The Bertz CT molecular complexity index is 728. The van der Waals surface area contributed by atoms with Crippen LogP contribution in [0, 0.1) is 0 Å². The molecule has 0 saturated carbocycles. The van der Waals surface area contributed by atoms with Gasteiger partial charge in [-0.1, -0.05) is 13.0 Å². The first kappa shape index (κ1) is 19.3. The number of hydrogen-bond acceptors (Lipinski definition) is 6. The van der Waals surface area contributed by atoms with Crippen molar-refractivity contribution in [1.29, 1.82) is 0 Å². The topological polar surface area (TPSA) is 94.2 Å². The van der Waals surface area contributed by atoms with Crippen LogP contribution in [0.2, 0.25) is 0 Å². The molecule has 1 fully saturated rings. The zero-order chi connectivity index (χ0) is 19.1. The highest BCUT2D eigenvalue weighted by Crippen LogP contribution is 2.29. The molecule has 1 aliphatic rings. The van der Waals surface area contributed by atoms with E-state index in [1.165, 1.54) is 12.0 Å². The number of ether oxygens (including phenoxy) is 3. The molecule has 0 aromatic heterocycles. The Balaban J connectivity index is 2.22. The molecule has 1 saturated heterocycles. The zero-order valence-electron chi connectivity index (χ0n) is 15.0. The lowest BCUT2D eigenvalue weighted by Gasteiger charge is -2.12. The first-order valence-corrected chi connectivity index (χ1v) is 8.31. The molecule has 140 valence electrons. The van der Waals surface area contributed by atoms with E-state index in [4.69, 9.17) is 9.47 Å². The predicted molar refractivity (Wildman–Crippen MR) is 93.6 cm³/mol. The van der Waals surface area contributed by atoms with E-state index in [9.17, 15) is 14.4 Å². The molecule has 26 heavy (non-hydrogen) atoms. The largest absolute Gasteiger partial charge is 0.490 e. The number of benzene rings is 1. The Morgan fingerprint density at radius 3 is 2.62 bits per heavy atom. The Morgan fingerprint density at radius 1 is 1.19 bits per heavy atom. The van der Waals surface area contributed by atoms with Gasteiger partial charge in [0.2, 0.25) is 0 Å². The summed E-state index contributed by atoms with van der Waals surface area (Å²) in [5, 5.41) is 2.57. The van der Waals surface area contributed by atoms with Gasteiger partial charge in [-0.25, -0.2) is 9.59 Å². The van der Waals surface area contributed by atoms with E-state index in [-0.39, 0.29) is 18.2 Å². The number of urea groups is 1. The maximum absolute atomic E-state index is 12.3. The summed E-state index contributed by atoms with van der Waals surface area (Å²) in [7, 11) is 1.28. The summed E-state index contributed by atoms with van der Waals surface area (Å²) in [4.78, 5) is 36.5. The van der Waals surface area contributed by atoms with Crippen LogP contribution in [0.3, 0.4) is 0 Å². The van der Waals surface area contributed by atoms with Crippen molar-refractivity contribution in [1.82, 2.24) is 10.2 Å². The van der Waals surface area contributed by atoms with E-state index in [2.05, 4.69) is 10.1 Å². The monoisotopic (exact) mass is 362 g/mol. The van der Waals surface area contributed by atoms with Gasteiger partial charge in [0.25, 0.3) is 5.91 Å². The van der Waals surface area contributed by atoms with E-state index in [1.54, 1.807) is 24.3 Å². The second kappa shape index (κ2) is 8.89. The highest BCUT2D eigenvalue weighted by molar-refractivity contribution is 6.13. The molecule has 0 bridgehead atoms. The van der Waals surface area contributed by atoms with Gasteiger partial charge >= 0.3 is 12.0 Å². The lowest BCUT2D eigenvalue weighted by atomic mass is 10.1. The molecule has 1 N–H and O–H groups in total. The van der Waals surface area contributed by atoms with Crippen molar-refractivity contribution < 1.29 is 28.6 Å². The van der Waals surface area contributed by atoms with Crippen molar-refractivity contribution in [2.24, 2.45) is 0 Å². The SMILES string of the molecule is CCCN1C(=O)N/C(=C/c2ccc(OCC(=O)OC)c(OCC)c2)C1=O. The van der Waals surface area contributed by atoms with Crippen LogP contribution < -0.4 is 14.8 Å². The minimum Gasteiger partial charge on any atom is -0.490 e. The molecular weight excluding hydrogens is 340 g/mol. The van der Waals surface area contributed by atoms with Gasteiger partial charge in [0, 0.05) is 6.54 Å². The number of nitrogens with one attached hydrogen (secondary N) is 1. The van der Waals surface area contributed by atoms with Crippen molar-refractivity contribution >= 4 is 24.0 Å². The third-order valence-electron chi connectivity index (χ3n) is 3.56. The van der Waals surface area contributed by atoms with E-state index < -0.39 is 12.0 Å².